The van der Waals surface area contributed by atoms with Crippen molar-refractivity contribution >= 4 is 0 Å². The van der Waals surface area contributed by atoms with Crippen molar-refractivity contribution in [3.05, 3.63) is 0 Å². The molecule has 0 saturated heterocycles. The summed E-state index contributed by atoms with van der Waals surface area (Å²) in [4.78, 5) is 0. The van der Waals surface area contributed by atoms with Crippen molar-refractivity contribution in [1.82, 2.24) is 0 Å². The molecule has 0 aromatic heterocycles. The summed E-state index contributed by atoms with van der Waals surface area (Å²) in [5, 5.41) is 41.7. The molecule has 5 unspecified atom stereocenters. The van der Waals surface area contributed by atoms with Crippen LogP contribution in [-0.2, 0) is 0 Å². The van der Waals surface area contributed by atoms with Gasteiger partial charge in [0.2, 0.25) is 0 Å². The Kier molecular flexibility index (Phi) is 3.67. The average Bonchev–Trinajstić information content (AvgIpc) is 2.73. The molecule has 132 valence electrons. The highest BCUT2D eigenvalue weighted by molar-refractivity contribution is 5.13. The predicted molar refractivity (Wildman–Crippen MR) is 86.5 cm³/mol. The Labute approximate surface area is 138 Å². The third kappa shape index (κ3) is 2.11. The molecule has 0 aromatic rings. The van der Waals surface area contributed by atoms with Crippen LogP contribution in [0.1, 0.15) is 58.8 Å². The van der Waals surface area contributed by atoms with Crippen molar-refractivity contribution in [1.29, 1.82) is 0 Å². The van der Waals surface area contributed by atoms with Crippen LogP contribution in [0.4, 0.5) is 0 Å². The molecule has 4 aliphatic rings. The van der Waals surface area contributed by atoms with Gasteiger partial charge in [0, 0.05) is 0 Å². The number of rotatable bonds is 0. The first kappa shape index (κ1) is 16.3. The Morgan fingerprint density at radius 2 is 1.43 bits per heavy atom. The molecule has 4 saturated carbocycles. The van der Waals surface area contributed by atoms with Gasteiger partial charge in [-0.1, -0.05) is 13.8 Å². The summed E-state index contributed by atoms with van der Waals surface area (Å²) < 4.78 is 0. The topological polar surface area (TPSA) is 80.9 Å². The highest BCUT2D eigenvalue weighted by atomic mass is 16.3. The SMILES string of the molecule is C[C@]12CCC(O)CC1CC(O)[C@@H]1[C@H]2CC[C@]2(C)C(O)C(O)C[C@@H]12. The second kappa shape index (κ2) is 5.17. The highest BCUT2D eigenvalue weighted by Gasteiger charge is 2.64. The van der Waals surface area contributed by atoms with E-state index in [4.69, 9.17) is 0 Å². The lowest BCUT2D eigenvalue weighted by atomic mass is 9.44. The molecule has 0 aliphatic heterocycles. The lowest BCUT2D eigenvalue weighted by Crippen LogP contribution is -2.58. The van der Waals surface area contributed by atoms with E-state index in [0.29, 0.717) is 18.3 Å². The van der Waals surface area contributed by atoms with Gasteiger partial charge >= 0.3 is 0 Å². The summed E-state index contributed by atoms with van der Waals surface area (Å²) in [5.74, 6) is 1.27. The van der Waals surface area contributed by atoms with Crippen molar-refractivity contribution < 1.29 is 20.4 Å². The van der Waals surface area contributed by atoms with Crippen LogP contribution in [0.25, 0.3) is 0 Å². The molecule has 4 aliphatic carbocycles. The van der Waals surface area contributed by atoms with Crippen LogP contribution >= 0.6 is 0 Å². The molecule has 0 bridgehead atoms. The van der Waals surface area contributed by atoms with Gasteiger partial charge < -0.3 is 20.4 Å². The fraction of sp³-hybridized carbons (Fsp3) is 1.00. The summed E-state index contributed by atoms with van der Waals surface area (Å²) >= 11 is 0. The molecule has 23 heavy (non-hydrogen) atoms. The van der Waals surface area contributed by atoms with Gasteiger partial charge in [-0.2, -0.15) is 0 Å². The van der Waals surface area contributed by atoms with Crippen LogP contribution in [0.2, 0.25) is 0 Å². The van der Waals surface area contributed by atoms with E-state index in [2.05, 4.69) is 13.8 Å². The standard InChI is InChI=1S/C19H32O4/c1-18-5-3-11(20)7-10(18)8-14(21)16-12(18)4-6-19(2)13(16)9-15(22)17(19)23/h10-17,20-23H,3-9H2,1-2H3/t10?,11?,12-,13+,14?,15?,16-,17?,18+,19+/m1/s1. The Morgan fingerprint density at radius 3 is 2.17 bits per heavy atom. The van der Waals surface area contributed by atoms with Gasteiger partial charge in [-0.3, -0.25) is 0 Å². The summed E-state index contributed by atoms with van der Waals surface area (Å²) in [6.45, 7) is 4.48. The Hall–Kier alpha value is -0.160. The summed E-state index contributed by atoms with van der Waals surface area (Å²) in [6, 6.07) is 0. The number of hydrogen-bond acceptors (Lipinski definition) is 4. The molecule has 10 atom stereocenters. The third-order valence-corrected chi connectivity index (χ3v) is 8.63. The quantitative estimate of drug-likeness (QED) is 0.547. The number of aliphatic hydroxyl groups is 4. The first-order valence-electron chi connectivity index (χ1n) is 9.49. The van der Waals surface area contributed by atoms with Crippen molar-refractivity contribution in [2.24, 2.45) is 34.5 Å². The maximum atomic E-state index is 10.9. The van der Waals surface area contributed by atoms with E-state index in [1.807, 2.05) is 0 Å². The van der Waals surface area contributed by atoms with Gasteiger partial charge in [-0.25, -0.2) is 0 Å². The molecule has 4 N–H and O–H groups in total. The second-order valence-corrected chi connectivity index (χ2v) is 9.52. The summed E-state index contributed by atoms with van der Waals surface area (Å²) in [5.41, 5.74) is -0.0537. The van der Waals surface area contributed by atoms with E-state index in [0.717, 1.165) is 38.5 Å². The van der Waals surface area contributed by atoms with E-state index in [1.165, 1.54) is 0 Å². The number of fused-ring (bicyclic) bond motifs is 5. The smallest absolute Gasteiger partial charge is 0.0855 e. The predicted octanol–water partition coefficient (Wildman–Crippen LogP) is 1.69. The first-order chi connectivity index (χ1) is 10.8. The Morgan fingerprint density at radius 1 is 0.739 bits per heavy atom. The van der Waals surface area contributed by atoms with Gasteiger partial charge in [-0.15, -0.1) is 0 Å². The Bertz CT molecular complexity index is 482. The van der Waals surface area contributed by atoms with Crippen molar-refractivity contribution in [2.75, 3.05) is 0 Å². The molecule has 4 rings (SSSR count). The molecule has 4 nitrogen and oxygen atoms in total. The van der Waals surface area contributed by atoms with E-state index >= 15 is 0 Å². The zero-order chi connectivity index (χ0) is 16.6. The van der Waals surface area contributed by atoms with Gasteiger partial charge in [0.05, 0.1) is 24.4 Å². The van der Waals surface area contributed by atoms with Crippen LogP contribution < -0.4 is 0 Å². The van der Waals surface area contributed by atoms with Gasteiger partial charge in [0.1, 0.15) is 0 Å². The Balaban J connectivity index is 1.68. The zero-order valence-electron chi connectivity index (χ0n) is 14.4. The molecule has 0 aromatic carbocycles. The molecule has 0 amide bonds. The molecule has 0 heterocycles. The molecular weight excluding hydrogens is 292 g/mol. The lowest BCUT2D eigenvalue weighted by Gasteiger charge is -2.61. The van der Waals surface area contributed by atoms with Crippen molar-refractivity contribution in [2.45, 2.75) is 83.2 Å². The first-order valence-corrected chi connectivity index (χ1v) is 9.49. The summed E-state index contributed by atoms with van der Waals surface area (Å²) in [7, 11) is 0. The van der Waals surface area contributed by atoms with Crippen LogP contribution in [0.3, 0.4) is 0 Å². The maximum Gasteiger partial charge on any atom is 0.0855 e. The van der Waals surface area contributed by atoms with Gasteiger partial charge in [-0.05, 0) is 79.4 Å². The maximum absolute atomic E-state index is 10.9. The van der Waals surface area contributed by atoms with Gasteiger partial charge in [0.15, 0.2) is 0 Å². The van der Waals surface area contributed by atoms with Crippen LogP contribution in [-0.4, -0.2) is 44.8 Å². The minimum absolute atomic E-state index is 0.192. The minimum Gasteiger partial charge on any atom is -0.393 e. The van der Waals surface area contributed by atoms with Crippen LogP contribution in [0.15, 0.2) is 0 Å². The second-order valence-electron chi connectivity index (χ2n) is 9.52. The fourth-order valence-electron chi connectivity index (χ4n) is 7.19. The van der Waals surface area contributed by atoms with E-state index in [-0.39, 0.29) is 34.9 Å². The average molecular weight is 324 g/mol. The minimum atomic E-state index is -0.653. The van der Waals surface area contributed by atoms with E-state index < -0.39 is 12.2 Å². The zero-order valence-corrected chi connectivity index (χ0v) is 14.4. The normalized spacial score (nSPS) is 62.3. The third-order valence-electron chi connectivity index (χ3n) is 8.63. The van der Waals surface area contributed by atoms with Crippen LogP contribution in [0, 0.1) is 34.5 Å². The molecular formula is C19H32O4. The number of aliphatic hydroxyl groups excluding tert-OH is 4. The van der Waals surface area contributed by atoms with Crippen LogP contribution in [0.5, 0.6) is 0 Å². The van der Waals surface area contributed by atoms with Crippen molar-refractivity contribution in [3.8, 4) is 0 Å². The van der Waals surface area contributed by atoms with E-state index in [9.17, 15) is 20.4 Å². The molecule has 4 fully saturated rings. The van der Waals surface area contributed by atoms with Crippen molar-refractivity contribution in [3.63, 3.8) is 0 Å². The monoisotopic (exact) mass is 324 g/mol. The molecule has 0 radical (unpaired) electrons. The highest BCUT2D eigenvalue weighted by Crippen LogP contribution is 2.66. The summed E-state index contributed by atoms with van der Waals surface area (Å²) in [6.07, 6.45) is 4.24. The molecule has 0 spiro atoms. The lowest BCUT2D eigenvalue weighted by molar-refractivity contribution is -0.177. The van der Waals surface area contributed by atoms with Gasteiger partial charge in [0.25, 0.3) is 0 Å². The largest absolute Gasteiger partial charge is 0.393 e. The molecule has 4 heteroatoms. The number of hydrogen-bond donors (Lipinski definition) is 4. The fourth-order valence-corrected chi connectivity index (χ4v) is 7.19. The van der Waals surface area contributed by atoms with E-state index in [1.54, 1.807) is 0 Å².